The molecular weight excluding hydrogens is 243 g/mol. The molecule has 102 valence electrons. The molecule has 1 saturated carbocycles. The van der Waals surface area contributed by atoms with E-state index < -0.39 is 0 Å². The Labute approximate surface area is 113 Å². The van der Waals surface area contributed by atoms with E-state index in [-0.39, 0.29) is 18.5 Å². The second kappa shape index (κ2) is 6.58. The molecule has 1 aromatic rings. The Balaban J connectivity index is 2.11. The van der Waals surface area contributed by atoms with Gasteiger partial charge in [-0.25, -0.2) is 4.39 Å². The Hall–Kier alpha value is -1.53. The summed E-state index contributed by atoms with van der Waals surface area (Å²) < 4.78 is 19.2. The van der Waals surface area contributed by atoms with Crippen molar-refractivity contribution in [2.45, 2.75) is 38.7 Å². The normalized spacial score (nSPS) is 22.5. The van der Waals surface area contributed by atoms with E-state index in [9.17, 15) is 4.39 Å². The van der Waals surface area contributed by atoms with Crippen molar-refractivity contribution in [3.8, 4) is 17.6 Å². The number of hydrogen-bond acceptors (Lipinski definition) is 2. The molecule has 1 fully saturated rings. The van der Waals surface area contributed by atoms with Gasteiger partial charge in [-0.15, -0.1) is 0 Å². The predicted octanol–water partition coefficient (Wildman–Crippen LogP) is 3.13. The first-order chi connectivity index (χ1) is 9.19. The maximum Gasteiger partial charge on any atom is 0.138 e. The highest BCUT2D eigenvalue weighted by Crippen LogP contribution is 2.29. The molecule has 0 radical (unpaired) electrons. The van der Waals surface area contributed by atoms with Gasteiger partial charge in [-0.2, -0.15) is 0 Å². The molecule has 1 aromatic carbocycles. The summed E-state index contributed by atoms with van der Waals surface area (Å²) in [6.07, 6.45) is 4.46. The summed E-state index contributed by atoms with van der Waals surface area (Å²) in [6, 6.07) is 4.33. The van der Waals surface area contributed by atoms with Crippen LogP contribution in [0.4, 0.5) is 4.39 Å². The third kappa shape index (κ3) is 3.97. The van der Waals surface area contributed by atoms with E-state index in [2.05, 4.69) is 18.8 Å². The standard InChI is InChI=1S/C16H19FO2/c1-12-4-8-15(9-5-12)19-16-11-14(17)7-6-13(16)3-2-10-18/h6-7,11-12,15,18H,4-5,8-10H2,1H3. The van der Waals surface area contributed by atoms with Crippen molar-refractivity contribution in [3.05, 3.63) is 29.6 Å². The highest BCUT2D eigenvalue weighted by molar-refractivity contribution is 5.46. The van der Waals surface area contributed by atoms with E-state index in [1.165, 1.54) is 12.1 Å². The molecule has 0 bridgehead atoms. The molecule has 0 aromatic heterocycles. The molecule has 3 heteroatoms. The highest BCUT2D eigenvalue weighted by Gasteiger charge is 2.20. The van der Waals surface area contributed by atoms with Crippen molar-refractivity contribution in [2.24, 2.45) is 5.92 Å². The van der Waals surface area contributed by atoms with Crippen molar-refractivity contribution < 1.29 is 14.2 Å². The number of rotatable bonds is 2. The number of halogens is 1. The molecular formula is C16H19FO2. The van der Waals surface area contributed by atoms with E-state index in [0.29, 0.717) is 11.3 Å². The number of benzene rings is 1. The summed E-state index contributed by atoms with van der Waals surface area (Å²) in [4.78, 5) is 0. The van der Waals surface area contributed by atoms with Crippen LogP contribution in [0.5, 0.6) is 5.75 Å². The van der Waals surface area contributed by atoms with Crippen molar-refractivity contribution in [1.82, 2.24) is 0 Å². The topological polar surface area (TPSA) is 29.5 Å². The van der Waals surface area contributed by atoms with Gasteiger partial charge in [0.15, 0.2) is 0 Å². The summed E-state index contributed by atoms with van der Waals surface area (Å²) in [5, 5.41) is 8.74. The van der Waals surface area contributed by atoms with Crippen LogP contribution in [0, 0.1) is 23.6 Å². The number of ether oxygens (including phenoxy) is 1. The predicted molar refractivity (Wildman–Crippen MR) is 72.4 cm³/mol. The Morgan fingerprint density at radius 1 is 1.32 bits per heavy atom. The first kappa shape index (κ1) is 13.9. The minimum absolute atomic E-state index is 0.146. The van der Waals surface area contributed by atoms with Gasteiger partial charge >= 0.3 is 0 Å². The zero-order valence-electron chi connectivity index (χ0n) is 11.2. The second-order valence-corrected chi connectivity index (χ2v) is 5.10. The van der Waals surface area contributed by atoms with Crippen LogP contribution in [0.25, 0.3) is 0 Å². The zero-order chi connectivity index (χ0) is 13.7. The average Bonchev–Trinajstić information content (AvgIpc) is 2.40. The molecule has 0 saturated heterocycles. The minimum Gasteiger partial charge on any atom is -0.489 e. The van der Waals surface area contributed by atoms with Gasteiger partial charge in [-0.3, -0.25) is 0 Å². The molecule has 2 rings (SSSR count). The minimum atomic E-state index is -0.325. The summed E-state index contributed by atoms with van der Waals surface area (Å²) in [7, 11) is 0. The van der Waals surface area contributed by atoms with Crippen molar-refractivity contribution in [2.75, 3.05) is 6.61 Å². The summed E-state index contributed by atoms with van der Waals surface area (Å²) in [5.74, 6) is 6.28. The Morgan fingerprint density at radius 3 is 2.74 bits per heavy atom. The summed E-state index contributed by atoms with van der Waals surface area (Å²) in [5.41, 5.74) is 0.633. The molecule has 1 aliphatic carbocycles. The Bertz CT molecular complexity index is 479. The fraction of sp³-hybridized carbons (Fsp3) is 0.500. The lowest BCUT2D eigenvalue weighted by molar-refractivity contribution is 0.135. The first-order valence-electron chi connectivity index (χ1n) is 6.75. The van der Waals surface area contributed by atoms with Crippen molar-refractivity contribution in [3.63, 3.8) is 0 Å². The van der Waals surface area contributed by atoms with Crippen LogP contribution in [0.2, 0.25) is 0 Å². The molecule has 1 N–H and O–H groups in total. The number of aliphatic hydroxyl groups excluding tert-OH is 1. The molecule has 0 aliphatic heterocycles. The Kier molecular flexibility index (Phi) is 4.81. The van der Waals surface area contributed by atoms with E-state index in [0.717, 1.165) is 31.6 Å². The molecule has 2 nitrogen and oxygen atoms in total. The molecule has 0 heterocycles. The molecule has 0 unspecified atom stereocenters. The van der Waals surface area contributed by atoms with Crippen LogP contribution >= 0.6 is 0 Å². The molecule has 0 atom stereocenters. The van der Waals surface area contributed by atoms with Crippen LogP contribution in [-0.4, -0.2) is 17.8 Å². The number of hydrogen-bond donors (Lipinski definition) is 1. The quantitative estimate of drug-likeness (QED) is 0.830. The van der Waals surface area contributed by atoms with E-state index in [1.54, 1.807) is 6.07 Å². The van der Waals surface area contributed by atoms with Crippen LogP contribution in [0.3, 0.4) is 0 Å². The third-order valence-corrected chi connectivity index (χ3v) is 3.50. The first-order valence-corrected chi connectivity index (χ1v) is 6.75. The second-order valence-electron chi connectivity index (χ2n) is 5.10. The summed E-state index contributed by atoms with van der Waals surface area (Å²) in [6.45, 7) is 2.04. The van der Waals surface area contributed by atoms with Gasteiger partial charge in [0.1, 0.15) is 18.2 Å². The van der Waals surface area contributed by atoms with Gasteiger partial charge in [0.25, 0.3) is 0 Å². The molecule has 19 heavy (non-hydrogen) atoms. The third-order valence-electron chi connectivity index (χ3n) is 3.50. The average molecular weight is 262 g/mol. The largest absolute Gasteiger partial charge is 0.489 e. The maximum atomic E-state index is 13.3. The fourth-order valence-corrected chi connectivity index (χ4v) is 2.36. The van der Waals surface area contributed by atoms with E-state index in [4.69, 9.17) is 9.84 Å². The van der Waals surface area contributed by atoms with Gasteiger partial charge < -0.3 is 9.84 Å². The van der Waals surface area contributed by atoms with Gasteiger partial charge in [0.2, 0.25) is 0 Å². The SMILES string of the molecule is CC1CCC(Oc2cc(F)ccc2C#CCO)CC1. The van der Waals surface area contributed by atoms with Crippen molar-refractivity contribution in [1.29, 1.82) is 0 Å². The van der Waals surface area contributed by atoms with Crippen LogP contribution < -0.4 is 4.74 Å². The number of aliphatic hydroxyl groups is 1. The summed E-state index contributed by atoms with van der Waals surface area (Å²) >= 11 is 0. The molecule has 0 spiro atoms. The van der Waals surface area contributed by atoms with E-state index in [1.807, 2.05) is 0 Å². The molecule has 0 amide bonds. The van der Waals surface area contributed by atoms with Gasteiger partial charge in [-0.1, -0.05) is 18.8 Å². The van der Waals surface area contributed by atoms with Gasteiger partial charge in [-0.05, 0) is 43.7 Å². The molecule has 1 aliphatic rings. The lowest BCUT2D eigenvalue weighted by Gasteiger charge is -2.27. The highest BCUT2D eigenvalue weighted by atomic mass is 19.1. The smallest absolute Gasteiger partial charge is 0.138 e. The monoisotopic (exact) mass is 262 g/mol. The zero-order valence-corrected chi connectivity index (χ0v) is 11.2. The lowest BCUT2D eigenvalue weighted by Crippen LogP contribution is -2.23. The van der Waals surface area contributed by atoms with Gasteiger partial charge in [0.05, 0.1) is 11.7 Å². The lowest BCUT2D eigenvalue weighted by atomic mass is 9.89. The van der Waals surface area contributed by atoms with Crippen LogP contribution in [0.1, 0.15) is 38.2 Å². The van der Waals surface area contributed by atoms with E-state index >= 15 is 0 Å². The van der Waals surface area contributed by atoms with Crippen LogP contribution in [-0.2, 0) is 0 Å². The Morgan fingerprint density at radius 2 is 2.05 bits per heavy atom. The maximum absolute atomic E-state index is 13.3. The van der Waals surface area contributed by atoms with Gasteiger partial charge in [0, 0.05) is 6.07 Å². The van der Waals surface area contributed by atoms with Crippen molar-refractivity contribution >= 4 is 0 Å². The fourth-order valence-electron chi connectivity index (χ4n) is 2.36. The van der Waals surface area contributed by atoms with Crippen LogP contribution in [0.15, 0.2) is 18.2 Å².